The fraction of sp³-hybridized carbons (Fsp3) is 0.364. The predicted octanol–water partition coefficient (Wildman–Crippen LogP) is 3.86. The van der Waals surface area contributed by atoms with Crippen LogP contribution in [0.4, 0.5) is 11.4 Å². The minimum absolute atomic E-state index is 0.0544. The minimum Gasteiger partial charge on any atom is -0.494 e. The Morgan fingerprint density at radius 3 is 2.61 bits per heavy atom. The molecule has 148 valence electrons. The fourth-order valence-corrected chi connectivity index (χ4v) is 3.19. The predicted molar refractivity (Wildman–Crippen MR) is 109 cm³/mol. The molecule has 28 heavy (non-hydrogen) atoms. The van der Waals surface area contributed by atoms with E-state index in [2.05, 4.69) is 5.32 Å². The van der Waals surface area contributed by atoms with E-state index in [4.69, 9.17) is 9.47 Å². The Morgan fingerprint density at radius 2 is 1.93 bits per heavy atom. The second-order valence-electron chi connectivity index (χ2n) is 7.02. The van der Waals surface area contributed by atoms with Crippen LogP contribution in [0, 0.1) is 5.92 Å². The Hall–Kier alpha value is -3.02. The summed E-state index contributed by atoms with van der Waals surface area (Å²) in [7, 11) is 0. The summed E-state index contributed by atoms with van der Waals surface area (Å²) in [5, 5.41) is 2.90. The summed E-state index contributed by atoms with van der Waals surface area (Å²) >= 11 is 0. The van der Waals surface area contributed by atoms with Gasteiger partial charge >= 0.3 is 0 Å². The van der Waals surface area contributed by atoms with Gasteiger partial charge in [-0.25, -0.2) is 0 Å². The zero-order valence-electron chi connectivity index (χ0n) is 16.5. The molecule has 1 aliphatic rings. The highest BCUT2D eigenvalue weighted by Gasteiger charge is 2.35. The molecule has 0 saturated carbocycles. The Bertz CT molecular complexity index is 833. The lowest BCUT2D eigenvalue weighted by Gasteiger charge is -2.17. The number of rotatable bonds is 7. The number of nitrogens with one attached hydrogen (secondary N) is 1. The zero-order chi connectivity index (χ0) is 20.1. The summed E-state index contributed by atoms with van der Waals surface area (Å²) in [6.45, 7) is 6.77. The summed E-state index contributed by atoms with van der Waals surface area (Å²) in [6.07, 6.45) is 0.252. The van der Waals surface area contributed by atoms with E-state index in [1.807, 2.05) is 63.2 Å². The van der Waals surface area contributed by atoms with Crippen molar-refractivity contribution in [2.45, 2.75) is 33.3 Å². The second-order valence-corrected chi connectivity index (χ2v) is 7.02. The largest absolute Gasteiger partial charge is 0.494 e. The quantitative estimate of drug-likeness (QED) is 0.789. The van der Waals surface area contributed by atoms with Crippen LogP contribution < -0.4 is 19.7 Å². The zero-order valence-corrected chi connectivity index (χ0v) is 16.5. The Balaban J connectivity index is 1.63. The number of ether oxygens (including phenoxy) is 2. The monoisotopic (exact) mass is 382 g/mol. The number of hydrogen-bond donors (Lipinski definition) is 1. The van der Waals surface area contributed by atoms with Crippen molar-refractivity contribution in [3.05, 3.63) is 48.5 Å². The lowest BCUT2D eigenvalue weighted by atomic mass is 10.1. The van der Waals surface area contributed by atoms with Crippen LogP contribution in [-0.2, 0) is 9.59 Å². The Labute approximate surface area is 165 Å². The van der Waals surface area contributed by atoms with Gasteiger partial charge in [0.2, 0.25) is 11.8 Å². The van der Waals surface area contributed by atoms with Gasteiger partial charge < -0.3 is 19.7 Å². The van der Waals surface area contributed by atoms with Gasteiger partial charge in [-0.2, -0.15) is 0 Å². The van der Waals surface area contributed by atoms with Gasteiger partial charge in [0, 0.05) is 30.4 Å². The summed E-state index contributed by atoms with van der Waals surface area (Å²) in [4.78, 5) is 26.7. The highest BCUT2D eigenvalue weighted by Crippen LogP contribution is 2.28. The summed E-state index contributed by atoms with van der Waals surface area (Å²) in [5.41, 5.74) is 1.44. The van der Waals surface area contributed by atoms with Gasteiger partial charge in [-0.3, -0.25) is 9.59 Å². The smallest absolute Gasteiger partial charge is 0.229 e. The first-order chi connectivity index (χ1) is 13.5. The van der Waals surface area contributed by atoms with Gasteiger partial charge in [-0.1, -0.05) is 6.07 Å². The molecule has 3 rings (SSSR count). The van der Waals surface area contributed by atoms with Crippen LogP contribution in [-0.4, -0.2) is 31.1 Å². The molecule has 2 aromatic rings. The normalized spacial score (nSPS) is 16.4. The molecule has 1 fully saturated rings. The lowest BCUT2D eigenvalue weighted by molar-refractivity contribution is -0.122. The standard InChI is InChI=1S/C22H26N2O4/c1-4-27-19-10-8-18(9-11-19)24-14-16(12-21(24)25)22(26)23-17-6-5-7-20(13-17)28-15(2)3/h5-11,13,15-16H,4,12,14H2,1-3H3,(H,23,26)/t16-/m1/s1. The van der Waals surface area contributed by atoms with Crippen molar-refractivity contribution in [3.8, 4) is 11.5 Å². The van der Waals surface area contributed by atoms with Gasteiger partial charge in [-0.15, -0.1) is 0 Å². The fourth-order valence-electron chi connectivity index (χ4n) is 3.19. The van der Waals surface area contributed by atoms with Crippen molar-refractivity contribution in [1.29, 1.82) is 0 Å². The van der Waals surface area contributed by atoms with Gasteiger partial charge in [0.25, 0.3) is 0 Å². The van der Waals surface area contributed by atoms with Crippen molar-refractivity contribution >= 4 is 23.2 Å². The highest BCUT2D eigenvalue weighted by atomic mass is 16.5. The first-order valence-corrected chi connectivity index (χ1v) is 9.57. The molecule has 6 heteroatoms. The summed E-state index contributed by atoms with van der Waals surface area (Å²) in [6, 6.07) is 14.6. The van der Waals surface area contributed by atoms with Gasteiger partial charge in [0.05, 0.1) is 18.6 Å². The van der Waals surface area contributed by atoms with E-state index >= 15 is 0 Å². The molecule has 2 aromatic carbocycles. The molecule has 0 aromatic heterocycles. The number of carbonyl (C=O) groups excluding carboxylic acids is 2. The molecule has 0 aliphatic carbocycles. The third-order valence-corrected chi connectivity index (χ3v) is 4.43. The number of hydrogen-bond acceptors (Lipinski definition) is 4. The second kappa shape index (κ2) is 8.78. The van der Waals surface area contributed by atoms with Crippen molar-refractivity contribution in [1.82, 2.24) is 0 Å². The van der Waals surface area contributed by atoms with E-state index in [0.29, 0.717) is 24.6 Å². The maximum Gasteiger partial charge on any atom is 0.229 e. The minimum atomic E-state index is -0.395. The molecule has 1 saturated heterocycles. The van der Waals surface area contributed by atoms with Gasteiger partial charge in [-0.05, 0) is 57.2 Å². The topological polar surface area (TPSA) is 67.9 Å². The van der Waals surface area contributed by atoms with Crippen LogP contribution in [0.5, 0.6) is 11.5 Å². The molecular formula is C22H26N2O4. The number of benzene rings is 2. The lowest BCUT2D eigenvalue weighted by Crippen LogP contribution is -2.28. The molecule has 1 heterocycles. The van der Waals surface area contributed by atoms with Crippen molar-refractivity contribution < 1.29 is 19.1 Å². The SMILES string of the molecule is CCOc1ccc(N2C[C@H](C(=O)Nc3cccc(OC(C)C)c3)CC2=O)cc1. The van der Waals surface area contributed by atoms with Crippen LogP contribution in [0.25, 0.3) is 0 Å². The molecule has 0 spiro atoms. The molecule has 6 nitrogen and oxygen atoms in total. The van der Waals surface area contributed by atoms with Crippen molar-refractivity contribution in [2.24, 2.45) is 5.92 Å². The Kier molecular flexibility index (Phi) is 6.19. The van der Waals surface area contributed by atoms with Crippen molar-refractivity contribution in [3.63, 3.8) is 0 Å². The number of nitrogens with zero attached hydrogens (tertiary/aromatic N) is 1. The maximum atomic E-state index is 12.7. The average molecular weight is 382 g/mol. The van der Waals surface area contributed by atoms with E-state index in [-0.39, 0.29) is 24.3 Å². The molecule has 0 unspecified atom stereocenters. The highest BCUT2D eigenvalue weighted by molar-refractivity contribution is 6.03. The van der Waals surface area contributed by atoms with E-state index in [9.17, 15) is 9.59 Å². The molecule has 1 aliphatic heterocycles. The van der Waals surface area contributed by atoms with Crippen LogP contribution >= 0.6 is 0 Å². The van der Waals surface area contributed by atoms with E-state index in [0.717, 1.165) is 11.4 Å². The van der Waals surface area contributed by atoms with Crippen LogP contribution in [0.3, 0.4) is 0 Å². The number of amides is 2. The molecule has 1 N–H and O–H groups in total. The third kappa shape index (κ3) is 4.82. The average Bonchev–Trinajstić information content (AvgIpc) is 3.04. The van der Waals surface area contributed by atoms with Gasteiger partial charge in [0.15, 0.2) is 0 Å². The van der Waals surface area contributed by atoms with E-state index < -0.39 is 5.92 Å². The van der Waals surface area contributed by atoms with Crippen molar-refractivity contribution in [2.75, 3.05) is 23.4 Å². The maximum absolute atomic E-state index is 12.7. The first-order valence-electron chi connectivity index (χ1n) is 9.57. The molecule has 0 radical (unpaired) electrons. The molecule has 0 bridgehead atoms. The summed E-state index contributed by atoms with van der Waals surface area (Å²) < 4.78 is 11.1. The van der Waals surface area contributed by atoms with Gasteiger partial charge in [0.1, 0.15) is 11.5 Å². The number of carbonyl (C=O) groups is 2. The molecule has 2 amide bonds. The molecule has 1 atom stereocenters. The number of anilines is 2. The van der Waals surface area contributed by atoms with Crippen LogP contribution in [0.1, 0.15) is 27.2 Å². The first kappa shape index (κ1) is 19.7. The third-order valence-electron chi connectivity index (χ3n) is 4.43. The van der Waals surface area contributed by atoms with Crippen LogP contribution in [0.2, 0.25) is 0 Å². The van der Waals surface area contributed by atoms with E-state index in [1.165, 1.54) is 0 Å². The van der Waals surface area contributed by atoms with E-state index in [1.54, 1.807) is 11.0 Å². The molecular weight excluding hydrogens is 356 g/mol. The Morgan fingerprint density at radius 1 is 1.18 bits per heavy atom. The van der Waals surface area contributed by atoms with Crippen LogP contribution in [0.15, 0.2) is 48.5 Å². The summed E-state index contributed by atoms with van der Waals surface area (Å²) in [5.74, 6) is 0.848.